The molecule has 0 bridgehead atoms. The second kappa shape index (κ2) is 12.5. The molecular formula is C29H31N5O3. The van der Waals surface area contributed by atoms with E-state index in [0.29, 0.717) is 22.6 Å². The van der Waals surface area contributed by atoms with Gasteiger partial charge in [0.05, 0.1) is 30.9 Å². The van der Waals surface area contributed by atoms with Gasteiger partial charge in [0, 0.05) is 11.4 Å². The largest absolute Gasteiger partial charge is 0.324 e. The molecule has 0 radical (unpaired) electrons. The van der Waals surface area contributed by atoms with E-state index < -0.39 is 5.91 Å². The maximum absolute atomic E-state index is 13.0. The molecule has 0 aliphatic heterocycles. The Morgan fingerprint density at radius 1 is 0.649 bits per heavy atom. The molecule has 3 amide bonds. The summed E-state index contributed by atoms with van der Waals surface area (Å²) in [4.78, 5) is 40.2. The molecule has 3 aromatic rings. The minimum Gasteiger partial charge on any atom is -0.324 e. The first-order valence-corrected chi connectivity index (χ1v) is 11.9. The van der Waals surface area contributed by atoms with E-state index in [0.717, 1.165) is 22.3 Å². The lowest BCUT2D eigenvalue weighted by atomic mass is 10.1. The van der Waals surface area contributed by atoms with Gasteiger partial charge in [0.2, 0.25) is 17.7 Å². The number of anilines is 3. The van der Waals surface area contributed by atoms with E-state index in [2.05, 4.69) is 16.0 Å². The van der Waals surface area contributed by atoms with Crippen molar-refractivity contribution < 1.29 is 14.4 Å². The van der Waals surface area contributed by atoms with Crippen LogP contribution in [0.2, 0.25) is 0 Å². The van der Waals surface area contributed by atoms with Crippen LogP contribution in [0.15, 0.2) is 60.7 Å². The Morgan fingerprint density at radius 2 is 1.05 bits per heavy atom. The lowest BCUT2D eigenvalue weighted by Crippen LogP contribution is -2.43. The Balaban J connectivity index is 1.75. The van der Waals surface area contributed by atoms with E-state index in [1.807, 2.05) is 70.2 Å². The van der Waals surface area contributed by atoms with Crippen molar-refractivity contribution in [1.29, 1.82) is 5.26 Å². The standard InChI is InChI=1S/C29H31N5O3/c1-19-9-7-10-20(2)28(19)32-26(36)17-34(16-25(35)31-24-14-6-5-13-23(24)15-30)18-27(37)33-29-21(3)11-8-12-22(29)4/h5-14H,16-18H2,1-4H3,(H,31,35)(H,32,36)(H,33,37). The van der Waals surface area contributed by atoms with Crippen LogP contribution in [0, 0.1) is 39.0 Å². The molecule has 0 unspecified atom stereocenters. The van der Waals surface area contributed by atoms with Gasteiger partial charge in [-0.3, -0.25) is 19.3 Å². The maximum atomic E-state index is 13.0. The molecule has 3 rings (SSSR count). The molecule has 3 N–H and O–H groups in total. The van der Waals surface area contributed by atoms with Gasteiger partial charge in [-0.05, 0) is 62.1 Å². The highest BCUT2D eigenvalue weighted by atomic mass is 16.2. The molecule has 3 aromatic carbocycles. The van der Waals surface area contributed by atoms with Crippen LogP contribution >= 0.6 is 0 Å². The maximum Gasteiger partial charge on any atom is 0.238 e. The molecule has 0 heterocycles. The Morgan fingerprint density at radius 3 is 1.49 bits per heavy atom. The van der Waals surface area contributed by atoms with Gasteiger partial charge in [0.1, 0.15) is 6.07 Å². The zero-order valence-corrected chi connectivity index (χ0v) is 21.5. The van der Waals surface area contributed by atoms with Crippen LogP contribution in [0.5, 0.6) is 0 Å². The lowest BCUT2D eigenvalue weighted by Gasteiger charge is -2.22. The summed E-state index contributed by atoms with van der Waals surface area (Å²) in [5.74, 6) is -1.13. The highest BCUT2D eigenvalue weighted by molar-refractivity contribution is 5.98. The zero-order valence-electron chi connectivity index (χ0n) is 21.5. The van der Waals surface area contributed by atoms with E-state index in [1.165, 1.54) is 4.90 Å². The molecule has 37 heavy (non-hydrogen) atoms. The summed E-state index contributed by atoms with van der Waals surface area (Å²) >= 11 is 0. The zero-order chi connectivity index (χ0) is 26.9. The third-order valence-corrected chi connectivity index (χ3v) is 5.91. The van der Waals surface area contributed by atoms with Crippen molar-refractivity contribution in [2.45, 2.75) is 27.7 Å². The van der Waals surface area contributed by atoms with Gasteiger partial charge in [0.25, 0.3) is 0 Å². The Labute approximate surface area is 217 Å². The monoisotopic (exact) mass is 497 g/mol. The van der Waals surface area contributed by atoms with Crippen LogP contribution < -0.4 is 16.0 Å². The van der Waals surface area contributed by atoms with Crippen LogP contribution in [0.1, 0.15) is 27.8 Å². The highest BCUT2D eigenvalue weighted by Crippen LogP contribution is 2.21. The van der Waals surface area contributed by atoms with E-state index >= 15 is 0 Å². The van der Waals surface area contributed by atoms with Gasteiger partial charge in [-0.1, -0.05) is 48.5 Å². The van der Waals surface area contributed by atoms with Crippen LogP contribution in [-0.4, -0.2) is 42.3 Å². The predicted octanol–water partition coefficient (Wildman–Crippen LogP) is 4.31. The Hall–Kier alpha value is -4.48. The molecule has 0 saturated carbocycles. The molecule has 0 atom stereocenters. The number of amides is 3. The number of nitrogens with one attached hydrogen (secondary N) is 3. The molecule has 0 aromatic heterocycles. The number of hydrogen-bond acceptors (Lipinski definition) is 5. The first-order valence-electron chi connectivity index (χ1n) is 11.9. The van der Waals surface area contributed by atoms with Crippen LogP contribution in [-0.2, 0) is 14.4 Å². The number of nitrogens with zero attached hydrogens (tertiary/aromatic N) is 2. The normalized spacial score (nSPS) is 10.5. The fourth-order valence-electron chi connectivity index (χ4n) is 4.04. The van der Waals surface area contributed by atoms with Gasteiger partial charge in [-0.2, -0.15) is 5.26 Å². The predicted molar refractivity (Wildman–Crippen MR) is 145 cm³/mol. The summed E-state index contributed by atoms with van der Waals surface area (Å²) in [6.45, 7) is 7.02. The van der Waals surface area contributed by atoms with E-state index in [-0.39, 0.29) is 31.4 Å². The summed E-state index contributed by atoms with van der Waals surface area (Å²) in [6.07, 6.45) is 0. The first kappa shape index (κ1) is 27.1. The van der Waals surface area contributed by atoms with Gasteiger partial charge in [0.15, 0.2) is 0 Å². The Bertz CT molecular complexity index is 1250. The summed E-state index contributed by atoms with van der Waals surface area (Å²) in [6, 6.07) is 20.1. The van der Waals surface area contributed by atoms with E-state index in [9.17, 15) is 19.6 Å². The second-order valence-electron chi connectivity index (χ2n) is 8.98. The summed E-state index contributed by atoms with van der Waals surface area (Å²) in [7, 11) is 0. The number of carbonyl (C=O) groups is 3. The number of nitriles is 1. The van der Waals surface area contributed by atoms with Gasteiger partial charge in [-0.15, -0.1) is 0 Å². The third-order valence-electron chi connectivity index (χ3n) is 5.91. The van der Waals surface area contributed by atoms with Crippen molar-refractivity contribution >= 4 is 34.8 Å². The highest BCUT2D eigenvalue weighted by Gasteiger charge is 2.20. The Kier molecular flexibility index (Phi) is 9.14. The minimum atomic E-state index is -0.442. The number of aryl methyl sites for hydroxylation is 4. The van der Waals surface area contributed by atoms with Crippen molar-refractivity contribution in [3.05, 3.63) is 88.5 Å². The molecule has 0 spiro atoms. The van der Waals surface area contributed by atoms with Gasteiger partial charge < -0.3 is 16.0 Å². The van der Waals surface area contributed by atoms with E-state index in [1.54, 1.807) is 24.3 Å². The van der Waals surface area contributed by atoms with E-state index in [4.69, 9.17) is 0 Å². The molecule has 8 heteroatoms. The molecule has 0 saturated heterocycles. The first-order chi connectivity index (χ1) is 17.7. The van der Waals surface area contributed by atoms with Crippen molar-refractivity contribution in [2.24, 2.45) is 0 Å². The average Bonchev–Trinajstić information content (AvgIpc) is 2.84. The number of rotatable bonds is 9. The van der Waals surface area contributed by atoms with Crippen LogP contribution in [0.25, 0.3) is 0 Å². The lowest BCUT2D eigenvalue weighted by molar-refractivity contribution is -0.122. The molecule has 0 fully saturated rings. The van der Waals surface area contributed by atoms with Crippen molar-refractivity contribution in [3.63, 3.8) is 0 Å². The van der Waals surface area contributed by atoms with Crippen molar-refractivity contribution in [2.75, 3.05) is 35.6 Å². The van der Waals surface area contributed by atoms with Gasteiger partial charge in [-0.25, -0.2) is 0 Å². The molecule has 0 aliphatic carbocycles. The van der Waals surface area contributed by atoms with Crippen LogP contribution in [0.4, 0.5) is 17.1 Å². The third kappa shape index (κ3) is 7.50. The van der Waals surface area contributed by atoms with Crippen molar-refractivity contribution in [1.82, 2.24) is 4.90 Å². The summed E-state index contributed by atoms with van der Waals surface area (Å²) < 4.78 is 0. The topological polar surface area (TPSA) is 114 Å². The number of benzene rings is 3. The molecule has 190 valence electrons. The number of hydrogen-bond donors (Lipinski definition) is 3. The molecular weight excluding hydrogens is 466 g/mol. The minimum absolute atomic E-state index is 0.179. The molecule has 8 nitrogen and oxygen atoms in total. The fourth-order valence-corrected chi connectivity index (χ4v) is 4.04. The summed E-state index contributed by atoms with van der Waals surface area (Å²) in [5, 5.41) is 17.8. The van der Waals surface area contributed by atoms with Gasteiger partial charge >= 0.3 is 0 Å². The second-order valence-corrected chi connectivity index (χ2v) is 8.98. The number of carbonyl (C=O) groups excluding carboxylic acids is 3. The molecule has 0 aliphatic rings. The van der Waals surface area contributed by atoms with Crippen molar-refractivity contribution in [3.8, 4) is 6.07 Å². The summed E-state index contributed by atoms with van der Waals surface area (Å²) in [5.41, 5.74) is 5.77. The smallest absolute Gasteiger partial charge is 0.238 e. The average molecular weight is 498 g/mol. The number of para-hydroxylation sites is 3. The SMILES string of the molecule is Cc1cccc(C)c1NC(=O)CN(CC(=O)Nc1ccccc1C#N)CC(=O)Nc1c(C)cccc1C. The fraction of sp³-hybridized carbons (Fsp3) is 0.241. The quantitative estimate of drug-likeness (QED) is 0.408. The van der Waals surface area contributed by atoms with Crippen LogP contribution in [0.3, 0.4) is 0 Å².